The van der Waals surface area contributed by atoms with Crippen molar-refractivity contribution in [2.45, 2.75) is 6.18 Å². The number of rotatable bonds is 5. The SMILES string of the molecule is CN(C)CCN(C(=O)c1cccc(C(F)(F)F)c1)c1nc2c(Cl)cccc2s1. The summed E-state index contributed by atoms with van der Waals surface area (Å²) in [5.41, 5.74) is -0.340. The zero-order chi connectivity index (χ0) is 20.5. The summed E-state index contributed by atoms with van der Waals surface area (Å²) in [7, 11) is 3.70. The van der Waals surface area contributed by atoms with Gasteiger partial charge >= 0.3 is 6.18 Å². The lowest BCUT2D eigenvalue weighted by atomic mass is 10.1. The van der Waals surface area contributed by atoms with E-state index in [9.17, 15) is 18.0 Å². The summed E-state index contributed by atoms with van der Waals surface area (Å²) in [6.07, 6.45) is -4.52. The van der Waals surface area contributed by atoms with Crippen LogP contribution in [0.3, 0.4) is 0 Å². The first-order valence-electron chi connectivity index (χ1n) is 8.35. The summed E-state index contributed by atoms with van der Waals surface area (Å²) in [4.78, 5) is 20.8. The summed E-state index contributed by atoms with van der Waals surface area (Å²) in [5.74, 6) is -0.539. The minimum Gasteiger partial charge on any atom is -0.308 e. The molecule has 28 heavy (non-hydrogen) atoms. The van der Waals surface area contributed by atoms with E-state index < -0.39 is 17.6 Å². The summed E-state index contributed by atoms with van der Waals surface area (Å²) in [5, 5.41) is 0.853. The van der Waals surface area contributed by atoms with Crippen LogP contribution < -0.4 is 4.90 Å². The predicted octanol–water partition coefficient (Wildman–Crippen LogP) is 5.18. The van der Waals surface area contributed by atoms with Gasteiger partial charge in [0.25, 0.3) is 5.91 Å². The number of hydrogen-bond donors (Lipinski definition) is 0. The van der Waals surface area contributed by atoms with E-state index in [2.05, 4.69) is 4.98 Å². The van der Waals surface area contributed by atoms with Gasteiger partial charge in [-0.15, -0.1) is 0 Å². The quantitative estimate of drug-likeness (QED) is 0.563. The molecule has 0 saturated heterocycles. The molecule has 0 atom stereocenters. The van der Waals surface area contributed by atoms with Gasteiger partial charge in [0.1, 0.15) is 5.52 Å². The van der Waals surface area contributed by atoms with E-state index in [-0.39, 0.29) is 12.1 Å². The fourth-order valence-corrected chi connectivity index (χ4v) is 3.88. The Morgan fingerprint density at radius 3 is 2.50 bits per heavy atom. The van der Waals surface area contributed by atoms with Crippen LogP contribution in [0.2, 0.25) is 5.02 Å². The number of thiazole rings is 1. The van der Waals surface area contributed by atoms with Crippen LogP contribution in [-0.4, -0.2) is 43.0 Å². The summed E-state index contributed by atoms with van der Waals surface area (Å²) in [6.45, 7) is 0.799. The van der Waals surface area contributed by atoms with Crippen molar-refractivity contribution in [1.82, 2.24) is 9.88 Å². The van der Waals surface area contributed by atoms with Gasteiger partial charge in [0.05, 0.1) is 15.3 Å². The van der Waals surface area contributed by atoms with E-state index in [1.165, 1.54) is 28.4 Å². The van der Waals surface area contributed by atoms with Gasteiger partial charge in [0, 0.05) is 18.7 Å². The van der Waals surface area contributed by atoms with Gasteiger partial charge < -0.3 is 4.90 Å². The maximum atomic E-state index is 13.1. The topological polar surface area (TPSA) is 36.4 Å². The number of carbonyl (C=O) groups excluding carboxylic acids is 1. The monoisotopic (exact) mass is 427 g/mol. The molecule has 3 aromatic rings. The molecule has 0 fully saturated rings. The van der Waals surface area contributed by atoms with E-state index in [0.29, 0.717) is 22.2 Å². The number of likely N-dealkylation sites (N-methyl/N-ethyl adjacent to an activating group) is 1. The lowest BCUT2D eigenvalue weighted by molar-refractivity contribution is -0.137. The Hall–Kier alpha value is -2.16. The van der Waals surface area contributed by atoms with E-state index >= 15 is 0 Å². The molecule has 1 aromatic heterocycles. The number of benzene rings is 2. The van der Waals surface area contributed by atoms with Crippen LogP contribution in [-0.2, 0) is 6.18 Å². The number of anilines is 1. The maximum absolute atomic E-state index is 13.1. The Morgan fingerprint density at radius 2 is 1.86 bits per heavy atom. The van der Waals surface area contributed by atoms with E-state index in [1.54, 1.807) is 12.1 Å². The lowest BCUT2D eigenvalue weighted by Gasteiger charge is -2.22. The Balaban J connectivity index is 2.01. The second-order valence-electron chi connectivity index (χ2n) is 6.42. The number of aromatic nitrogens is 1. The number of carbonyl (C=O) groups is 1. The molecule has 0 aliphatic carbocycles. The van der Waals surface area contributed by atoms with Crippen molar-refractivity contribution in [3.05, 3.63) is 58.6 Å². The largest absolute Gasteiger partial charge is 0.416 e. The van der Waals surface area contributed by atoms with Gasteiger partial charge in [-0.3, -0.25) is 9.69 Å². The van der Waals surface area contributed by atoms with Crippen LogP contribution in [0.5, 0.6) is 0 Å². The highest BCUT2D eigenvalue weighted by Gasteiger charge is 2.31. The molecule has 3 rings (SSSR count). The van der Waals surface area contributed by atoms with E-state index in [1.807, 2.05) is 25.1 Å². The first-order valence-corrected chi connectivity index (χ1v) is 9.55. The standard InChI is InChI=1S/C19H17ClF3N3OS/c1-25(2)9-10-26(18-24-16-14(20)7-4-8-15(16)28-18)17(27)12-5-3-6-13(11-12)19(21,22)23/h3-8,11H,9-10H2,1-2H3. The summed E-state index contributed by atoms with van der Waals surface area (Å²) >= 11 is 7.45. The van der Waals surface area contributed by atoms with E-state index in [0.717, 1.165) is 16.8 Å². The van der Waals surface area contributed by atoms with Crippen LogP contribution in [0.4, 0.5) is 18.3 Å². The molecule has 148 valence electrons. The number of nitrogens with zero attached hydrogens (tertiary/aromatic N) is 3. The van der Waals surface area contributed by atoms with Gasteiger partial charge in [0.2, 0.25) is 0 Å². The van der Waals surface area contributed by atoms with Gasteiger partial charge in [-0.2, -0.15) is 13.2 Å². The molecule has 4 nitrogen and oxygen atoms in total. The molecule has 0 aliphatic heterocycles. The van der Waals surface area contributed by atoms with Crippen molar-refractivity contribution in [2.24, 2.45) is 0 Å². The normalized spacial score (nSPS) is 12.0. The molecule has 1 amide bonds. The summed E-state index contributed by atoms with van der Waals surface area (Å²) < 4.78 is 39.9. The number of alkyl halides is 3. The first kappa shape index (κ1) is 20.6. The minimum absolute atomic E-state index is 0.0427. The van der Waals surface area contributed by atoms with Gasteiger partial charge in [-0.25, -0.2) is 4.98 Å². The number of hydrogen-bond acceptors (Lipinski definition) is 4. The predicted molar refractivity (Wildman–Crippen MR) is 106 cm³/mol. The molecule has 0 spiro atoms. The Morgan fingerprint density at radius 1 is 1.14 bits per heavy atom. The van der Waals surface area contributed by atoms with E-state index in [4.69, 9.17) is 11.6 Å². The van der Waals surface area contributed by atoms with Crippen molar-refractivity contribution in [2.75, 3.05) is 32.1 Å². The van der Waals surface area contributed by atoms with Crippen LogP contribution in [0.1, 0.15) is 15.9 Å². The molecule has 0 N–H and O–H groups in total. The zero-order valence-electron chi connectivity index (χ0n) is 15.1. The first-order chi connectivity index (χ1) is 13.2. The molecule has 0 aliphatic rings. The summed E-state index contributed by atoms with van der Waals surface area (Å²) in [6, 6.07) is 9.73. The second kappa shape index (κ2) is 8.06. The molecule has 0 radical (unpaired) electrons. The molecule has 9 heteroatoms. The van der Waals surface area contributed by atoms with Crippen LogP contribution in [0, 0.1) is 0 Å². The average Bonchev–Trinajstić information content (AvgIpc) is 3.06. The zero-order valence-corrected chi connectivity index (χ0v) is 16.7. The van der Waals surface area contributed by atoms with Crippen LogP contribution in [0.15, 0.2) is 42.5 Å². The Kier molecular flexibility index (Phi) is 5.92. The molecule has 2 aromatic carbocycles. The molecular formula is C19H17ClF3N3OS. The van der Waals surface area contributed by atoms with Crippen LogP contribution in [0.25, 0.3) is 10.2 Å². The van der Waals surface area contributed by atoms with Crippen molar-refractivity contribution in [1.29, 1.82) is 0 Å². The second-order valence-corrected chi connectivity index (χ2v) is 7.84. The molecule has 0 unspecified atom stereocenters. The third-order valence-corrected chi connectivity index (χ3v) is 5.39. The van der Waals surface area contributed by atoms with Crippen LogP contribution >= 0.6 is 22.9 Å². The van der Waals surface area contributed by atoms with Crippen molar-refractivity contribution in [3.8, 4) is 0 Å². The molecule has 0 saturated carbocycles. The molecular weight excluding hydrogens is 411 g/mol. The molecule has 1 heterocycles. The lowest BCUT2D eigenvalue weighted by Crippen LogP contribution is -2.36. The van der Waals surface area contributed by atoms with Crippen molar-refractivity contribution < 1.29 is 18.0 Å². The number of amides is 1. The third-order valence-electron chi connectivity index (χ3n) is 4.04. The highest BCUT2D eigenvalue weighted by Crippen LogP contribution is 2.34. The Labute approximate surface area is 169 Å². The number of para-hydroxylation sites is 1. The number of fused-ring (bicyclic) bond motifs is 1. The molecule has 0 bridgehead atoms. The maximum Gasteiger partial charge on any atom is 0.416 e. The highest BCUT2D eigenvalue weighted by molar-refractivity contribution is 7.22. The van der Waals surface area contributed by atoms with Gasteiger partial charge in [-0.1, -0.05) is 35.1 Å². The Bertz CT molecular complexity index is 1000. The fraction of sp³-hybridized carbons (Fsp3) is 0.263. The van der Waals surface area contributed by atoms with Gasteiger partial charge in [0.15, 0.2) is 5.13 Å². The van der Waals surface area contributed by atoms with Crippen molar-refractivity contribution >= 4 is 44.2 Å². The van der Waals surface area contributed by atoms with Gasteiger partial charge in [-0.05, 0) is 44.4 Å². The average molecular weight is 428 g/mol. The third kappa shape index (κ3) is 4.45. The van der Waals surface area contributed by atoms with Crippen molar-refractivity contribution in [3.63, 3.8) is 0 Å². The fourth-order valence-electron chi connectivity index (χ4n) is 2.59. The minimum atomic E-state index is -4.52. The number of halogens is 4. The highest BCUT2D eigenvalue weighted by atomic mass is 35.5. The smallest absolute Gasteiger partial charge is 0.308 e.